The summed E-state index contributed by atoms with van der Waals surface area (Å²) in [6.45, 7) is 9.05. The van der Waals surface area contributed by atoms with Crippen molar-refractivity contribution in [3.63, 3.8) is 0 Å². The van der Waals surface area contributed by atoms with E-state index in [1.54, 1.807) is 0 Å². The van der Waals surface area contributed by atoms with Crippen LogP contribution in [0.25, 0.3) is 0 Å². The summed E-state index contributed by atoms with van der Waals surface area (Å²) in [5.41, 5.74) is -0.242. The first-order valence-electron chi connectivity index (χ1n) is 5.61. The van der Waals surface area contributed by atoms with Crippen LogP contribution >= 0.6 is 0 Å². The zero-order valence-electron chi connectivity index (χ0n) is 10.5. The fourth-order valence-electron chi connectivity index (χ4n) is 2.72. The molecular weight excluding hydrogens is 192 g/mol. The molecule has 0 aromatic carbocycles. The molecule has 1 aliphatic heterocycles. The molecule has 90 valence electrons. The Kier molecular flexibility index (Phi) is 3.45. The predicted octanol–water partition coefficient (Wildman–Crippen LogP) is -0.377. The van der Waals surface area contributed by atoms with E-state index in [2.05, 4.69) is 39.6 Å². The summed E-state index contributed by atoms with van der Waals surface area (Å²) in [6.07, 6.45) is 0.576. The average Bonchev–Trinajstić information content (AvgIpc) is 2.09. The Morgan fingerprint density at radius 1 is 1.40 bits per heavy atom. The predicted molar refractivity (Wildman–Crippen MR) is 60.6 cm³/mol. The molecule has 4 nitrogen and oxygen atoms in total. The van der Waals surface area contributed by atoms with Crippen LogP contribution < -0.4 is 5.06 Å². The lowest BCUT2D eigenvalue weighted by atomic mass is 9.82. The standard InChI is InChI=1S/C11H24N2O2/c1-10(2)8-13(15)9(6-7-14)11(3,4)12(10)5/h9,13-14H,6-8H2,1-5H3. The van der Waals surface area contributed by atoms with Crippen molar-refractivity contribution in [3.8, 4) is 0 Å². The molecule has 15 heavy (non-hydrogen) atoms. The molecule has 2 unspecified atom stereocenters. The number of likely N-dealkylation sites (N-methyl/N-ethyl adjacent to an activating group) is 1. The van der Waals surface area contributed by atoms with Gasteiger partial charge in [0.15, 0.2) is 0 Å². The maximum atomic E-state index is 12.0. The Hall–Kier alpha value is -0.160. The van der Waals surface area contributed by atoms with Crippen LogP contribution in [0.2, 0.25) is 0 Å². The second-order valence-electron chi connectivity index (χ2n) is 5.73. The van der Waals surface area contributed by atoms with Crippen molar-refractivity contribution < 1.29 is 10.2 Å². The highest BCUT2D eigenvalue weighted by Crippen LogP contribution is 2.28. The molecule has 0 bridgehead atoms. The SMILES string of the molecule is CN1C(C)(C)C[NH+]([O-])C(CCO)C1(C)C. The van der Waals surface area contributed by atoms with Crippen LogP contribution in [0.1, 0.15) is 34.1 Å². The number of quaternary nitrogens is 1. The van der Waals surface area contributed by atoms with Crippen LogP contribution in [0.4, 0.5) is 0 Å². The highest BCUT2D eigenvalue weighted by atomic mass is 16.5. The third-order valence-electron chi connectivity index (χ3n) is 4.04. The topological polar surface area (TPSA) is 51.0 Å². The van der Waals surface area contributed by atoms with Crippen molar-refractivity contribution in [2.24, 2.45) is 0 Å². The van der Waals surface area contributed by atoms with Crippen LogP contribution in [-0.4, -0.2) is 47.3 Å². The minimum Gasteiger partial charge on any atom is -0.634 e. The molecule has 1 heterocycles. The lowest BCUT2D eigenvalue weighted by molar-refractivity contribution is -0.897. The number of hydrogen-bond acceptors (Lipinski definition) is 3. The van der Waals surface area contributed by atoms with Gasteiger partial charge in [-0.25, -0.2) is 0 Å². The molecule has 0 saturated carbocycles. The van der Waals surface area contributed by atoms with Crippen molar-refractivity contribution >= 4 is 0 Å². The van der Waals surface area contributed by atoms with Gasteiger partial charge in [-0.2, -0.15) is 0 Å². The van der Waals surface area contributed by atoms with E-state index in [9.17, 15) is 5.21 Å². The van der Waals surface area contributed by atoms with Gasteiger partial charge in [-0.15, -0.1) is 0 Å². The summed E-state index contributed by atoms with van der Waals surface area (Å²) >= 11 is 0. The summed E-state index contributed by atoms with van der Waals surface area (Å²) in [5.74, 6) is 0. The maximum absolute atomic E-state index is 12.0. The first kappa shape index (κ1) is 12.9. The van der Waals surface area contributed by atoms with E-state index in [0.717, 1.165) is 0 Å². The van der Waals surface area contributed by atoms with Gasteiger partial charge in [-0.05, 0) is 34.7 Å². The molecule has 0 amide bonds. The lowest BCUT2D eigenvalue weighted by Gasteiger charge is -2.58. The zero-order valence-corrected chi connectivity index (χ0v) is 10.5. The second-order valence-corrected chi connectivity index (χ2v) is 5.73. The van der Waals surface area contributed by atoms with Crippen molar-refractivity contribution in [1.29, 1.82) is 0 Å². The molecule has 0 aromatic rings. The summed E-state index contributed by atoms with van der Waals surface area (Å²) in [6, 6.07) is -0.0412. The molecule has 1 fully saturated rings. The van der Waals surface area contributed by atoms with Gasteiger partial charge < -0.3 is 15.4 Å². The molecule has 1 rings (SSSR count). The fourth-order valence-corrected chi connectivity index (χ4v) is 2.72. The second kappa shape index (κ2) is 4.01. The van der Waals surface area contributed by atoms with Gasteiger partial charge in [0.25, 0.3) is 0 Å². The molecule has 2 atom stereocenters. The van der Waals surface area contributed by atoms with Crippen LogP contribution in [0.15, 0.2) is 0 Å². The molecule has 4 heteroatoms. The summed E-state index contributed by atoms with van der Waals surface area (Å²) in [4.78, 5) is 2.27. The van der Waals surface area contributed by atoms with E-state index in [0.29, 0.717) is 13.0 Å². The van der Waals surface area contributed by atoms with E-state index in [4.69, 9.17) is 5.11 Å². The molecule has 0 radical (unpaired) electrons. The summed E-state index contributed by atoms with van der Waals surface area (Å²) in [7, 11) is 2.07. The first-order chi connectivity index (χ1) is 6.73. The lowest BCUT2D eigenvalue weighted by Crippen LogP contribution is -3.18. The van der Waals surface area contributed by atoms with E-state index < -0.39 is 0 Å². The van der Waals surface area contributed by atoms with Gasteiger partial charge in [-0.1, -0.05) is 0 Å². The zero-order chi connectivity index (χ0) is 11.9. The molecule has 0 spiro atoms. The number of aliphatic hydroxyl groups excluding tert-OH is 1. The van der Waals surface area contributed by atoms with E-state index >= 15 is 0 Å². The summed E-state index contributed by atoms with van der Waals surface area (Å²) < 4.78 is 0. The number of hydroxylamine groups is 2. The highest BCUT2D eigenvalue weighted by molar-refractivity contribution is 4.98. The number of nitrogens with zero attached hydrogens (tertiary/aromatic N) is 1. The van der Waals surface area contributed by atoms with Crippen LogP contribution in [0, 0.1) is 5.21 Å². The van der Waals surface area contributed by atoms with Gasteiger partial charge in [0, 0.05) is 13.0 Å². The maximum Gasteiger partial charge on any atom is 0.107 e. The smallest absolute Gasteiger partial charge is 0.107 e. The van der Waals surface area contributed by atoms with Crippen LogP contribution in [0.3, 0.4) is 0 Å². The van der Waals surface area contributed by atoms with E-state index in [1.807, 2.05) is 0 Å². The van der Waals surface area contributed by atoms with E-state index in [-0.39, 0.29) is 28.8 Å². The minimum absolute atomic E-state index is 0.0412. The minimum atomic E-state index is -0.165. The number of rotatable bonds is 2. The van der Waals surface area contributed by atoms with Crippen LogP contribution in [-0.2, 0) is 0 Å². The Morgan fingerprint density at radius 3 is 2.40 bits per heavy atom. The van der Waals surface area contributed by atoms with Gasteiger partial charge in [0.1, 0.15) is 6.04 Å². The number of piperazine rings is 1. The van der Waals surface area contributed by atoms with Crippen molar-refractivity contribution in [1.82, 2.24) is 4.90 Å². The van der Waals surface area contributed by atoms with Gasteiger partial charge in [-0.3, -0.25) is 4.90 Å². The van der Waals surface area contributed by atoms with Crippen molar-refractivity contribution in [3.05, 3.63) is 5.21 Å². The fraction of sp³-hybridized carbons (Fsp3) is 1.00. The normalized spacial score (nSPS) is 35.4. The average molecular weight is 216 g/mol. The van der Waals surface area contributed by atoms with Gasteiger partial charge in [0.2, 0.25) is 0 Å². The van der Waals surface area contributed by atoms with E-state index in [1.165, 1.54) is 0 Å². The largest absolute Gasteiger partial charge is 0.634 e. The Bertz CT molecular complexity index is 229. The van der Waals surface area contributed by atoms with Crippen molar-refractivity contribution in [2.45, 2.75) is 51.2 Å². The van der Waals surface area contributed by atoms with Crippen LogP contribution in [0.5, 0.6) is 0 Å². The molecule has 0 aliphatic carbocycles. The Balaban J connectivity index is 2.93. The van der Waals surface area contributed by atoms with Crippen molar-refractivity contribution in [2.75, 3.05) is 20.2 Å². The quantitative estimate of drug-likeness (QED) is 0.619. The monoisotopic (exact) mass is 216 g/mol. The Morgan fingerprint density at radius 2 is 1.93 bits per heavy atom. The molecule has 1 aliphatic rings. The molecule has 2 N–H and O–H groups in total. The molecule has 0 aromatic heterocycles. The first-order valence-corrected chi connectivity index (χ1v) is 5.61. The third-order valence-corrected chi connectivity index (χ3v) is 4.04. The molecule has 1 saturated heterocycles. The number of nitrogens with one attached hydrogen (secondary N) is 1. The summed E-state index contributed by atoms with van der Waals surface area (Å²) in [5, 5.41) is 21.3. The third kappa shape index (κ3) is 2.18. The van der Waals surface area contributed by atoms with Gasteiger partial charge >= 0.3 is 0 Å². The Labute approximate surface area is 92.4 Å². The number of hydrogen-bond donors (Lipinski definition) is 2. The number of aliphatic hydroxyl groups is 1. The highest BCUT2D eigenvalue weighted by Gasteiger charge is 2.49. The molecular formula is C11H24N2O2. The van der Waals surface area contributed by atoms with Gasteiger partial charge in [0.05, 0.1) is 17.6 Å².